The summed E-state index contributed by atoms with van der Waals surface area (Å²) in [6, 6.07) is 5.42. The Hall–Kier alpha value is -1.40. The first-order valence-electron chi connectivity index (χ1n) is 5.80. The summed E-state index contributed by atoms with van der Waals surface area (Å²) < 4.78 is 26.5. The van der Waals surface area contributed by atoms with E-state index in [0.29, 0.717) is 10.0 Å². The number of aryl methyl sites for hydroxylation is 3. The molecule has 1 aromatic heterocycles. The van der Waals surface area contributed by atoms with Crippen molar-refractivity contribution in [2.45, 2.75) is 25.7 Å². The number of hydrogen-bond acceptors (Lipinski definition) is 4. The zero-order valence-corrected chi connectivity index (χ0v) is 13.0. The summed E-state index contributed by atoms with van der Waals surface area (Å²) in [5.41, 5.74) is 2.49. The maximum absolute atomic E-state index is 12.6. The van der Waals surface area contributed by atoms with Crippen molar-refractivity contribution < 1.29 is 8.42 Å². The van der Waals surface area contributed by atoms with Crippen LogP contribution in [0.15, 0.2) is 28.5 Å². The van der Waals surface area contributed by atoms with Crippen LogP contribution in [0.5, 0.6) is 0 Å². The summed E-state index contributed by atoms with van der Waals surface area (Å²) in [6.07, 6.45) is 0. The Morgan fingerprint density at radius 1 is 1.21 bits per heavy atom. The minimum atomic E-state index is -3.55. The van der Waals surface area contributed by atoms with Crippen LogP contribution in [0.25, 0.3) is 0 Å². The van der Waals surface area contributed by atoms with Crippen LogP contribution in [0.2, 0.25) is 0 Å². The highest BCUT2D eigenvalue weighted by molar-refractivity contribution is 7.93. The maximum atomic E-state index is 12.6. The molecule has 2 rings (SSSR count). The Balaban J connectivity index is 2.50. The molecule has 6 heteroatoms. The number of aromatic nitrogens is 1. The molecule has 0 unspecified atom stereocenters. The van der Waals surface area contributed by atoms with Crippen LogP contribution in [0.1, 0.15) is 16.8 Å². The highest BCUT2D eigenvalue weighted by atomic mass is 32.2. The molecule has 0 radical (unpaired) electrons. The smallest absolute Gasteiger partial charge is 0.244 e. The van der Waals surface area contributed by atoms with E-state index in [9.17, 15) is 8.42 Å². The highest BCUT2D eigenvalue weighted by Crippen LogP contribution is 2.27. The predicted octanol–water partition coefficient (Wildman–Crippen LogP) is 2.89. The zero-order chi connectivity index (χ0) is 14.2. The van der Waals surface area contributed by atoms with Gasteiger partial charge in [0, 0.05) is 12.4 Å². The molecule has 1 aromatic carbocycles. The van der Waals surface area contributed by atoms with Crippen molar-refractivity contribution in [3.63, 3.8) is 0 Å². The normalized spacial score (nSPS) is 11.6. The summed E-state index contributed by atoms with van der Waals surface area (Å²) in [6.45, 7) is 5.53. The van der Waals surface area contributed by atoms with E-state index in [1.54, 1.807) is 13.0 Å². The van der Waals surface area contributed by atoms with Gasteiger partial charge < -0.3 is 0 Å². The molecule has 0 bridgehead atoms. The number of sulfonamides is 1. The van der Waals surface area contributed by atoms with Crippen LogP contribution in [0, 0.1) is 20.8 Å². The molecular formula is C13H16N2O2S2. The van der Waals surface area contributed by atoms with E-state index in [1.165, 1.54) is 22.7 Å². The van der Waals surface area contributed by atoms with Crippen LogP contribution in [-0.2, 0) is 10.0 Å². The molecule has 2 aromatic rings. The van der Waals surface area contributed by atoms with Gasteiger partial charge in [-0.1, -0.05) is 12.1 Å². The zero-order valence-electron chi connectivity index (χ0n) is 11.3. The van der Waals surface area contributed by atoms with Crippen LogP contribution in [-0.4, -0.2) is 20.4 Å². The number of nitrogens with zero attached hydrogens (tertiary/aromatic N) is 2. The number of thiazole rings is 1. The van der Waals surface area contributed by atoms with Gasteiger partial charge >= 0.3 is 0 Å². The van der Waals surface area contributed by atoms with Gasteiger partial charge in [-0.15, -0.1) is 11.3 Å². The molecule has 4 nitrogen and oxygen atoms in total. The largest absolute Gasteiger partial charge is 0.266 e. The number of hydrogen-bond donors (Lipinski definition) is 0. The Labute approximate surface area is 117 Å². The fourth-order valence-corrected chi connectivity index (χ4v) is 4.17. The van der Waals surface area contributed by atoms with E-state index in [4.69, 9.17) is 0 Å². The van der Waals surface area contributed by atoms with E-state index in [1.807, 2.05) is 31.4 Å². The van der Waals surface area contributed by atoms with E-state index in [-0.39, 0.29) is 0 Å². The molecule has 0 aliphatic rings. The third-order valence-corrected chi connectivity index (χ3v) is 5.90. The molecule has 102 valence electrons. The Morgan fingerprint density at radius 2 is 1.89 bits per heavy atom. The Morgan fingerprint density at radius 3 is 2.47 bits per heavy atom. The Bertz CT molecular complexity index is 705. The van der Waals surface area contributed by atoms with Crippen molar-refractivity contribution in [3.8, 4) is 0 Å². The first-order chi connectivity index (χ1) is 8.82. The van der Waals surface area contributed by atoms with Crippen molar-refractivity contribution in [2.75, 3.05) is 11.4 Å². The second kappa shape index (κ2) is 4.94. The lowest BCUT2D eigenvalue weighted by atomic mass is 10.2. The second-order valence-corrected chi connectivity index (χ2v) is 7.29. The van der Waals surface area contributed by atoms with Crippen LogP contribution in [0.4, 0.5) is 5.13 Å². The second-order valence-electron chi connectivity index (χ2n) is 4.51. The van der Waals surface area contributed by atoms with Crippen LogP contribution < -0.4 is 4.31 Å². The average molecular weight is 296 g/mol. The minimum Gasteiger partial charge on any atom is -0.244 e. The molecule has 0 saturated carbocycles. The number of rotatable bonds is 3. The molecule has 0 amide bonds. The van der Waals surface area contributed by atoms with Crippen LogP contribution >= 0.6 is 11.3 Å². The monoisotopic (exact) mass is 296 g/mol. The van der Waals surface area contributed by atoms with E-state index >= 15 is 0 Å². The summed E-state index contributed by atoms with van der Waals surface area (Å²) >= 11 is 1.32. The molecule has 0 spiro atoms. The molecule has 0 aliphatic carbocycles. The molecule has 0 aliphatic heterocycles. The lowest BCUT2D eigenvalue weighted by molar-refractivity contribution is 0.593. The molecule has 19 heavy (non-hydrogen) atoms. The van der Waals surface area contributed by atoms with E-state index < -0.39 is 10.0 Å². The molecule has 1 heterocycles. The van der Waals surface area contributed by atoms with Gasteiger partial charge in [-0.25, -0.2) is 17.7 Å². The third-order valence-electron chi connectivity index (χ3n) is 2.86. The summed E-state index contributed by atoms with van der Waals surface area (Å²) in [5, 5.41) is 2.32. The quantitative estimate of drug-likeness (QED) is 0.875. The Kier molecular flexibility index (Phi) is 3.64. The molecule has 0 saturated heterocycles. The number of anilines is 1. The summed E-state index contributed by atoms with van der Waals surface area (Å²) in [5.74, 6) is 0. The molecule has 0 atom stereocenters. The topological polar surface area (TPSA) is 50.3 Å². The SMILES string of the molecule is Cc1ccc(C)c(S(=O)(=O)N(C)c2nc(C)cs2)c1. The van der Waals surface area contributed by atoms with Gasteiger partial charge in [0.15, 0.2) is 5.13 Å². The van der Waals surface area contributed by atoms with Crippen molar-refractivity contribution in [2.24, 2.45) is 0 Å². The van der Waals surface area contributed by atoms with Gasteiger partial charge in [0.05, 0.1) is 10.6 Å². The van der Waals surface area contributed by atoms with Crippen molar-refractivity contribution >= 4 is 26.5 Å². The van der Waals surface area contributed by atoms with Gasteiger partial charge in [0.2, 0.25) is 0 Å². The first kappa shape index (κ1) is 14.0. The van der Waals surface area contributed by atoms with E-state index in [0.717, 1.165) is 16.8 Å². The third kappa shape index (κ3) is 2.64. The van der Waals surface area contributed by atoms with Crippen LogP contribution in [0.3, 0.4) is 0 Å². The van der Waals surface area contributed by atoms with Gasteiger partial charge in [-0.3, -0.25) is 0 Å². The highest BCUT2D eigenvalue weighted by Gasteiger charge is 2.25. The van der Waals surface area contributed by atoms with Gasteiger partial charge in [0.25, 0.3) is 10.0 Å². The van der Waals surface area contributed by atoms with Gasteiger partial charge in [-0.2, -0.15) is 0 Å². The van der Waals surface area contributed by atoms with Crippen molar-refractivity contribution in [1.29, 1.82) is 0 Å². The lowest BCUT2D eigenvalue weighted by Crippen LogP contribution is -2.27. The summed E-state index contributed by atoms with van der Waals surface area (Å²) in [4.78, 5) is 4.56. The minimum absolute atomic E-state index is 0.336. The van der Waals surface area contributed by atoms with Gasteiger partial charge in [-0.05, 0) is 38.0 Å². The van der Waals surface area contributed by atoms with Crippen molar-refractivity contribution in [1.82, 2.24) is 4.98 Å². The molecular weight excluding hydrogens is 280 g/mol. The summed E-state index contributed by atoms with van der Waals surface area (Å²) in [7, 11) is -2.01. The van der Waals surface area contributed by atoms with E-state index in [2.05, 4.69) is 4.98 Å². The number of benzene rings is 1. The molecule has 0 N–H and O–H groups in total. The lowest BCUT2D eigenvalue weighted by Gasteiger charge is -2.18. The fourth-order valence-electron chi connectivity index (χ4n) is 1.72. The standard InChI is InChI=1S/C13H16N2O2S2/c1-9-5-6-10(2)12(7-9)19(16,17)15(4)13-14-11(3)8-18-13/h5-8H,1-4H3. The fraction of sp³-hybridized carbons (Fsp3) is 0.308. The first-order valence-corrected chi connectivity index (χ1v) is 8.12. The predicted molar refractivity (Wildman–Crippen MR) is 78.4 cm³/mol. The van der Waals surface area contributed by atoms with Crippen molar-refractivity contribution in [3.05, 3.63) is 40.4 Å². The molecule has 0 fully saturated rings. The van der Waals surface area contributed by atoms with Gasteiger partial charge in [0.1, 0.15) is 0 Å². The average Bonchev–Trinajstić information content (AvgIpc) is 2.77. The maximum Gasteiger partial charge on any atom is 0.266 e.